The summed E-state index contributed by atoms with van der Waals surface area (Å²) in [6.45, 7) is 12.3. The maximum absolute atomic E-state index is 5.62. The Morgan fingerprint density at radius 1 is 1.19 bits per heavy atom. The van der Waals surface area contributed by atoms with Gasteiger partial charge in [0.15, 0.2) is 0 Å². The fourth-order valence-corrected chi connectivity index (χ4v) is 3.72. The van der Waals surface area contributed by atoms with Crippen LogP contribution in [0.1, 0.15) is 50.8 Å². The van der Waals surface area contributed by atoms with Gasteiger partial charge in [0.05, 0.1) is 17.3 Å². The van der Waals surface area contributed by atoms with Crippen LogP contribution < -0.4 is 10.2 Å². The number of rotatable bonds is 7. The van der Waals surface area contributed by atoms with Crippen molar-refractivity contribution in [2.75, 3.05) is 31.1 Å². The van der Waals surface area contributed by atoms with Gasteiger partial charge in [0.2, 0.25) is 5.95 Å². The van der Waals surface area contributed by atoms with E-state index in [2.05, 4.69) is 56.1 Å². The highest BCUT2D eigenvalue weighted by molar-refractivity contribution is 5.82. The van der Waals surface area contributed by atoms with Crippen molar-refractivity contribution in [2.24, 2.45) is 0 Å². The molecule has 0 aliphatic carbocycles. The summed E-state index contributed by atoms with van der Waals surface area (Å²) < 4.78 is 5.62. The second-order valence-corrected chi connectivity index (χ2v) is 7.97. The Kier molecular flexibility index (Phi) is 7.02. The number of hydrogen-bond acceptors (Lipinski definition) is 5. The number of ether oxygens (including phenoxy) is 1. The fraction of sp³-hybridized carbons (Fsp3) is 0.636. The Bertz CT molecular complexity index is 746. The van der Waals surface area contributed by atoms with Crippen molar-refractivity contribution in [2.45, 2.75) is 65.5 Å². The molecule has 27 heavy (non-hydrogen) atoms. The van der Waals surface area contributed by atoms with Crippen molar-refractivity contribution in [3.8, 4) is 0 Å². The Balaban J connectivity index is 1.57. The molecule has 1 aromatic heterocycles. The predicted octanol–water partition coefficient (Wildman–Crippen LogP) is 4.01. The monoisotopic (exact) mass is 370 g/mol. The maximum Gasteiger partial charge on any atom is 0.226 e. The molecule has 1 aromatic carbocycles. The summed E-state index contributed by atoms with van der Waals surface area (Å²) in [4.78, 5) is 12.0. The van der Waals surface area contributed by atoms with E-state index in [1.54, 1.807) is 0 Å². The minimum Gasteiger partial charge on any atom is -0.379 e. The van der Waals surface area contributed by atoms with Crippen LogP contribution in [-0.2, 0) is 4.74 Å². The lowest BCUT2D eigenvalue weighted by atomic mass is 10.1. The lowest BCUT2D eigenvalue weighted by molar-refractivity contribution is 0.0766. The van der Waals surface area contributed by atoms with Gasteiger partial charge in [-0.25, -0.2) is 9.97 Å². The fourth-order valence-electron chi connectivity index (χ4n) is 3.72. The summed E-state index contributed by atoms with van der Waals surface area (Å²) in [6.07, 6.45) is 4.93. The van der Waals surface area contributed by atoms with Crippen LogP contribution in [0.15, 0.2) is 18.2 Å². The van der Waals surface area contributed by atoms with Gasteiger partial charge in [-0.1, -0.05) is 12.1 Å². The molecule has 1 saturated heterocycles. The number of hydrogen-bond donors (Lipinski definition) is 1. The third-order valence-electron chi connectivity index (χ3n) is 5.25. The minimum atomic E-state index is 0.325. The van der Waals surface area contributed by atoms with Gasteiger partial charge in [0, 0.05) is 31.1 Å². The maximum atomic E-state index is 5.62. The molecule has 1 N–H and O–H groups in total. The van der Waals surface area contributed by atoms with E-state index in [9.17, 15) is 0 Å². The first-order chi connectivity index (χ1) is 13.0. The third-order valence-corrected chi connectivity index (χ3v) is 5.25. The zero-order valence-electron chi connectivity index (χ0n) is 17.3. The smallest absolute Gasteiger partial charge is 0.226 e. The molecule has 5 heteroatoms. The minimum absolute atomic E-state index is 0.325. The summed E-state index contributed by atoms with van der Waals surface area (Å²) in [5, 5.41) is 4.86. The zero-order valence-corrected chi connectivity index (χ0v) is 17.3. The SMILES string of the molecule is Cc1ccc2c(C)nc(N3CCCC(NCCCOC(C)C)CC3)nc2c1. The second kappa shape index (κ2) is 9.47. The first-order valence-corrected chi connectivity index (χ1v) is 10.4. The van der Waals surface area contributed by atoms with E-state index in [1.165, 1.54) is 18.4 Å². The van der Waals surface area contributed by atoms with Crippen LogP contribution in [0.2, 0.25) is 0 Å². The van der Waals surface area contributed by atoms with Gasteiger partial charge in [0.25, 0.3) is 0 Å². The van der Waals surface area contributed by atoms with E-state index in [1.807, 2.05) is 0 Å². The average Bonchev–Trinajstić information content (AvgIpc) is 2.86. The quantitative estimate of drug-likeness (QED) is 0.746. The molecule has 1 aliphatic rings. The Labute approximate surface area is 163 Å². The lowest BCUT2D eigenvalue weighted by Gasteiger charge is -2.22. The van der Waals surface area contributed by atoms with Gasteiger partial charge in [0.1, 0.15) is 0 Å². The summed E-state index contributed by atoms with van der Waals surface area (Å²) in [5.74, 6) is 0.886. The Hall–Kier alpha value is -1.72. The van der Waals surface area contributed by atoms with Gasteiger partial charge in [-0.15, -0.1) is 0 Å². The highest BCUT2D eigenvalue weighted by atomic mass is 16.5. The van der Waals surface area contributed by atoms with Crippen molar-refractivity contribution in [3.05, 3.63) is 29.5 Å². The molecule has 1 unspecified atom stereocenters. The summed E-state index contributed by atoms with van der Waals surface area (Å²) in [5.41, 5.74) is 3.37. The highest BCUT2D eigenvalue weighted by Crippen LogP contribution is 2.22. The van der Waals surface area contributed by atoms with Crippen LogP contribution in [-0.4, -0.2) is 48.4 Å². The molecule has 5 nitrogen and oxygen atoms in total. The largest absolute Gasteiger partial charge is 0.379 e. The van der Waals surface area contributed by atoms with Crippen LogP contribution in [0.4, 0.5) is 5.95 Å². The number of aryl methyl sites for hydroxylation is 2. The predicted molar refractivity (Wildman–Crippen MR) is 113 cm³/mol. The van der Waals surface area contributed by atoms with Crippen LogP contribution in [0.25, 0.3) is 10.9 Å². The van der Waals surface area contributed by atoms with Crippen molar-refractivity contribution in [3.63, 3.8) is 0 Å². The van der Waals surface area contributed by atoms with Crippen molar-refractivity contribution in [1.82, 2.24) is 15.3 Å². The van der Waals surface area contributed by atoms with Crippen molar-refractivity contribution < 1.29 is 4.74 Å². The molecular weight excluding hydrogens is 336 g/mol. The molecule has 2 aromatic rings. The standard InChI is InChI=1S/C22H34N4O/c1-16(2)27-14-6-11-23-19-7-5-12-26(13-10-19)22-24-18(4)20-9-8-17(3)15-21(20)25-22/h8-9,15-16,19,23H,5-7,10-14H2,1-4H3. The van der Waals surface area contributed by atoms with Crippen molar-refractivity contribution >= 4 is 16.9 Å². The molecule has 0 saturated carbocycles. The Morgan fingerprint density at radius 3 is 2.85 bits per heavy atom. The molecule has 0 spiro atoms. The molecule has 1 atom stereocenters. The topological polar surface area (TPSA) is 50.3 Å². The van der Waals surface area contributed by atoms with Crippen LogP contribution in [0.3, 0.4) is 0 Å². The molecule has 3 rings (SSSR count). The van der Waals surface area contributed by atoms with Crippen LogP contribution in [0, 0.1) is 13.8 Å². The second-order valence-electron chi connectivity index (χ2n) is 7.97. The molecule has 148 valence electrons. The Morgan fingerprint density at radius 2 is 2.04 bits per heavy atom. The number of benzene rings is 1. The van der Waals surface area contributed by atoms with Gasteiger partial charge in [-0.05, 0) is 71.6 Å². The molecule has 2 heterocycles. The molecule has 0 radical (unpaired) electrons. The number of nitrogens with one attached hydrogen (secondary N) is 1. The molecule has 0 bridgehead atoms. The number of aromatic nitrogens is 2. The third kappa shape index (κ3) is 5.63. The van der Waals surface area contributed by atoms with Crippen LogP contribution >= 0.6 is 0 Å². The number of fused-ring (bicyclic) bond motifs is 1. The van der Waals surface area contributed by atoms with E-state index in [4.69, 9.17) is 14.7 Å². The van der Waals surface area contributed by atoms with Gasteiger partial charge >= 0.3 is 0 Å². The zero-order chi connectivity index (χ0) is 19.2. The molecular formula is C22H34N4O. The van der Waals surface area contributed by atoms with Gasteiger partial charge in [-0.2, -0.15) is 0 Å². The molecule has 1 fully saturated rings. The lowest BCUT2D eigenvalue weighted by Crippen LogP contribution is -2.32. The highest BCUT2D eigenvalue weighted by Gasteiger charge is 2.19. The van der Waals surface area contributed by atoms with Gasteiger partial charge < -0.3 is 15.0 Å². The average molecular weight is 371 g/mol. The first-order valence-electron chi connectivity index (χ1n) is 10.4. The van der Waals surface area contributed by atoms with E-state index < -0.39 is 0 Å². The van der Waals surface area contributed by atoms with E-state index >= 15 is 0 Å². The number of anilines is 1. The van der Waals surface area contributed by atoms with E-state index in [0.717, 1.165) is 61.6 Å². The summed E-state index contributed by atoms with van der Waals surface area (Å²) in [7, 11) is 0. The summed E-state index contributed by atoms with van der Waals surface area (Å²) in [6, 6.07) is 7.01. The molecule has 0 amide bonds. The van der Waals surface area contributed by atoms with Crippen LogP contribution in [0.5, 0.6) is 0 Å². The van der Waals surface area contributed by atoms with E-state index in [0.29, 0.717) is 12.1 Å². The van der Waals surface area contributed by atoms with Crippen molar-refractivity contribution in [1.29, 1.82) is 0 Å². The normalized spacial score (nSPS) is 18.3. The first kappa shape index (κ1) is 20.0. The van der Waals surface area contributed by atoms with E-state index in [-0.39, 0.29) is 0 Å². The molecule has 1 aliphatic heterocycles. The number of nitrogens with zero attached hydrogens (tertiary/aromatic N) is 3. The summed E-state index contributed by atoms with van der Waals surface area (Å²) >= 11 is 0. The van der Waals surface area contributed by atoms with Gasteiger partial charge in [-0.3, -0.25) is 0 Å².